The van der Waals surface area contributed by atoms with Gasteiger partial charge in [0.1, 0.15) is 5.92 Å². The topological polar surface area (TPSA) is 81.5 Å². The normalized spacial score (nSPS) is 22.8. The molecule has 1 amide bonds. The van der Waals surface area contributed by atoms with Crippen LogP contribution in [-0.2, 0) is 9.53 Å². The Balaban J connectivity index is 2.20. The smallest absolute Gasteiger partial charge is 0.269 e. The van der Waals surface area contributed by atoms with Crippen molar-refractivity contribution in [2.45, 2.75) is 24.8 Å². The van der Waals surface area contributed by atoms with Crippen molar-refractivity contribution in [1.82, 2.24) is 0 Å². The van der Waals surface area contributed by atoms with E-state index in [1.54, 1.807) is 24.3 Å². The lowest BCUT2D eigenvalue weighted by molar-refractivity contribution is -0.420. The summed E-state index contributed by atoms with van der Waals surface area (Å²) < 4.78 is 5.64. The summed E-state index contributed by atoms with van der Waals surface area (Å²) in [4.78, 5) is 23.0. The van der Waals surface area contributed by atoms with Crippen LogP contribution in [0.1, 0.15) is 19.8 Å². The van der Waals surface area contributed by atoms with Crippen molar-refractivity contribution >= 4 is 23.2 Å². The molecule has 0 radical (unpaired) electrons. The average molecular weight is 351 g/mol. The van der Waals surface area contributed by atoms with Crippen LogP contribution in [0.3, 0.4) is 0 Å². The van der Waals surface area contributed by atoms with Crippen LogP contribution >= 0.6 is 11.6 Å². The lowest BCUT2D eigenvalue weighted by atomic mass is 9.94. The van der Waals surface area contributed by atoms with Gasteiger partial charge in [0.25, 0.3) is 5.70 Å². The molecule has 24 heavy (non-hydrogen) atoms. The van der Waals surface area contributed by atoms with Gasteiger partial charge in [-0.25, -0.2) is 0 Å². The fourth-order valence-electron chi connectivity index (χ4n) is 2.29. The van der Waals surface area contributed by atoms with E-state index in [9.17, 15) is 14.9 Å². The molecule has 7 heteroatoms. The molecule has 1 aliphatic rings. The van der Waals surface area contributed by atoms with Gasteiger partial charge in [-0.1, -0.05) is 49.2 Å². The lowest BCUT2D eigenvalue weighted by Crippen LogP contribution is -2.42. The Morgan fingerprint density at radius 1 is 1.42 bits per heavy atom. The predicted molar refractivity (Wildman–Crippen MR) is 92.2 cm³/mol. The number of rotatable bonds is 7. The number of hydrogen-bond donors (Lipinski definition) is 1. The zero-order chi connectivity index (χ0) is 17.6. The molecule has 128 valence electrons. The highest BCUT2D eigenvalue weighted by Crippen LogP contribution is 2.36. The molecule has 1 N–H and O–H groups in total. The maximum atomic E-state index is 12.6. The summed E-state index contributed by atoms with van der Waals surface area (Å²) in [6.07, 6.45) is 5.51. The lowest BCUT2D eigenvalue weighted by Gasteiger charge is -2.31. The van der Waals surface area contributed by atoms with Crippen LogP contribution in [0.25, 0.3) is 0 Å². The first-order valence-corrected chi connectivity index (χ1v) is 8.08. The number of unbranched alkanes of at least 4 members (excludes halogenated alkanes) is 1. The molecule has 0 fully saturated rings. The second-order valence-corrected chi connectivity index (χ2v) is 6.01. The molecule has 0 heterocycles. The highest BCUT2D eigenvalue weighted by molar-refractivity contribution is 6.26. The third-order valence-electron chi connectivity index (χ3n) is 3.58. The van der Waals surface area contributed by atoms with Crippen molar-refractivity contribution in [2.75, 3.05) is 11.9 Å². The Labute approximate surface area is 145 Å². The average Bonchev–Trinajstić information content (AvgIpc) is 2.55. The minimum atomic E-state index is -1.58. The molecule has 0 aromatic heterocycles. The van der Waals surface area contributed by atoms with Crippen LogP contribution in [0.2, 0.25) is 0 Å². The highest BCUT2D eigenvalue weighted by Gasteiger charge is 2.44. The van der Waals surface area contributed by atoms with Gasteiger partial charge in [0.15, 0.2) is 5.06 Å². The molecule has 1 aromatic carbocycles. The quantitative estimate of drug-likeness (QED) is 0.351. The van der Waals surface area contributed by atoms with Crippen LogP contribution in [0, 0.1) is 16.0 Å². The van der Waals surface area contributed by atoms with Gasteiger partial charge in [0.2, 0.25) is 5.91 Å². The molecule has 6 nitrogen and oxygen atoms in total. The van der Waals surface area contributed by atoms with Crippen molar-refractivity contribution in [3.8, 4) is 0 Å². The number of nitrogens with zero attached hydrogens (tertiary/aromatic N) is 1. The third kappa shape index (κ3) is 4.43. The van der Waals surface area contributed by atoms with E-state index in [0.717, 1.165) is 12.8 Å². The van der Waals surface area contributed by atoms with Gasteiger partial charge in [-0.15, -0.1) is 0 Å². The van der Waals surface area contributed by atoms with Crippen LogP contribution in [0.5, 0.6) is 0 Å². The van der Waals surface area contributed by atoms with E-state index in [2.05, 4.69) is 5.32 Å². The number of para-hydroxylation sites is 1. The second kappa shape index (κ2) is 8.08. The number of amides is 1. The SMILES string of the molecule is CCCCOC1(Cl)C=C([N+](=O)[O-])C=CC1C(=O)Nc1ccccc1. The fraction of sp³-hybridized carbons (Fsp3) is 0.353. The molecule has 1 aliphatic carbocycles. The van der Waals surface area contributed by atoms with E-state index in [4.69, 9.17) is 16.3 Å². The number of allylic oxidation sites excluding steroid dienone is 1. The van der Waals surface area contributed by atoms with Gasteiger partial charge in [0.05, 0.1) is 4.92 Å². The van der Waals surface area contributed by atoms with E-state index < -0.39 is 15.9 Å². The second-order valence-electron chi connectivity index (χ2n) is 5.42. The Hall–Kier alpha value is -2.18. The monoisotopic (exact) mass is 350 g/mol. The maximum absolute atomic E-state index is 12.6. The van der Waals surface area contributed by atoms with E-state index in [-0.39, 0.29) is 11.6 Å². The molecule has 0 aliphatic heterocycles. The van der Waals surface area contributed by atoms with Crippen molar-refractivity contribution in [2.24, 2.45) is 5.92 Å². The Bertz CT molecular complexity index is 660. The number of ether oxygens (including phenoxy) is 1. The molecule has 2 rings (SSSR count). The Morgan fingerprint density at radius 2 is 2.12 bits per heavy atom. The Morgan fingerprint density at radius 3 is 2.75 bits per heavy atom. The molecule has 2 unspecified atom stereocenters. The zero-order valence-corrected chi connectivity index (χ0v) is 14.0. The number of hydrogen-bond acceptors (Lipinski definition) is 4. The van der Waals surface area contributed by atoms with E-state index in [0.29, 0.717) is 12.3 Å². The summed E-state index contributed by atoms with van der Waals surface area (Å²) >= 11 is 6.46. The Kier molecular flexibility index (Phi) is 6.11. The third-order valence-corrected chi connectivity index (χ3v) is 4.04. The number of benzene rings is 1. The molecule has 0 bridgehead atoms. The summed E-state index contributed by atoms with van der Waals surface area (Å²) in [6.45, 7) is 2.30. The van der Waals surface area contributed by atoms with Crippen molar-refractivity contribution in [3.63, 3.8) is 0 Å². The molecular weight excluding hydrogens is 332 g/mol. The minimum absolute atomic E-state index is 0.190. The zero-order valence-electron chi connectivity index (χ0n) is 13.3. The summed E-state index contributed by atoms with van der Waals surface area (Å²) in [5.41, 5.74) is 0.429. The molecule has 1 aromatic rings. The first-order valence-electron chi connectivity index (χ1n) is 7.70. The predicted octanol–water partition coefficient (Wildman–Crippen LogP) is 3.72. The number of carbonyl (C=O) groups is 1. The van der Waals surface area contributed by atoms with Crippen molar-refractivity contribution < 1.29 is 14.5 Å². The van der Waals surface area contributed by atoms with Gasteiger partial charge in [-0.05, 0) is 18.6 Å². The molecule has 0 saturated heterocycles. The van der Waals surface area contributed by atoms with Crippen LogP contribution in [0.4, 0.5) is 5.69 Å². The molecule has 0 spiro atoms. The summed E-state index contributed by atoms with van der Waals surface area (Å²) in [5, 5.41) is 12.2. The number of alkyl halides is 1. The van der Waals surface area contributed by atoms with E-state index >= 15 is 0 Å². The van der Waals surface area contributed by atoms with Crippen LogP contribution in [0.15, 0.2) is 54.3 Å². The van der Waals surface area contributed by atoms with Crippen LogP contribution < -0.4 is 5.32 Å². The molecular formula is C17H19ClN2O4. The fourth-order valence-corrected chi connectivity index (χ4v) is 2.65. The van der Waals surface area contributed by atoms with Crippen molar-refractivity contribution in [1.29, 1.82) is 0 Å². The first kappa shape index (κ1) is 18.2. The number of carbonyl (C=O) groups excluding carboxylic acids is 1. The largest absolute Gasteiger partial charge is 0.355 e. The minimum Gasteiger partial charge on any atom is -0.355 e. The standard InChI is InChI=1S/C17H19ClN2O4/c1-2-3-11-24-17(18)12-14(20(22)23)9-10-15(17)16(21)19-13-7-5-4-6-8-13/h4-10,12,15H,2-3,11H2,1H3,(H,19,21). The number of nitrogens with one attached hydrogen (secondary N) is 1. The number of nitro groups is 1. The van der Waals surface area contributed by atoms with E-state index in [1.807, 2.05) is 13.0 Å². The van der Waals surface area contributed by atoms with Crippen molar-refractivity contribution in [3.05, 3.63) is 64.4 Å². The number of anilines is 1. The van der Waals surface area contributed by atoms with Gasteiger partial charge in [-0.3, -0.25) is 14.9 Å². The highest BCUT2D eigenvalue weighted by atomic mass is 35.5. The molecule has 2 atom stereocenters. The number of halogens is 1. The summed E-state index contributed by atoms with van der Waals surface area (Å²) in [7, 11) is 0. The van der Waals surface area contributed by atoms with Gasteiger partial charge in [0, 0.05) is 24.4 Å². The first-order chi connectivity index (χ1) is 11.5. The van der Waals surface area contributed by atoms with E-state index in [1.165, 1.54) is 18.2 Å². The molecule has 0 saturated carbocycles. The van der Waals surface area contributed by atoms with Gasteiger partial charge in [-0.2, -0.15) is 0 Å². The van der Waals surface area contributed by atoms with Gasteiger partial charge >= 0.3 is 0 Å². The summed E-state index contributed by atoms with van der Waals surface area (Å²) in [6, 6.07) is 8.92. The summed E-state index contributed by atoms with van der Waals surface area (Å²) in [5.74, 6) is -1.26. The van der Waals surface area contributed by atoms with Gasteiger partial charge < -0.3 is 10.1 Å². The van der Waals surface area contributed by atoms with Crippen LogP contribution in [-0.4, -0.2) is 22.5 Å². The maximum Gasteiger partial charge on any atom is 0.269 e.